The number of H-pyrrole nitrogens is 1. The third-order valence-electron chi connectivity index (χ3n) is 4.75. The Morgan fingerprint density at radius 1 is 1.17 bits per heavy atom. The smallest absolute Gasteiger partial charge is 0.251 e. The van der Waals surface area contributed by atoms with E-state index in [2.05, 4.69) is 16.4 Å². The molecule has 1 aromatic heterocycles. The number of fused-ring (bicyclic) bond motifs is 3. The number of methoxy groups -OCH3 is 1. The Bertz CT molecular complexity index is 909. The van der Waals surface area contributed by atoms with Crippen molar-refractivity contribution in [3.8, 4) is 5.75 Å². The number of carbonyl (C=O) groups is 1. The van der Waals surface area contributed by atoms with E-state index in [0.29, 0.717) is 5.56 Å². The molecular formula is C20H20N2O2. The number of aromatic nitrogens is 1. The van der Waals surface area contributed by atoms with Crippen molar-refractivity contribution < 1.29 is 9.53 Å². The zero-order valence-corrected chi connectivity index (χ0v) is 13.8. The molecule has 0 spiro atoms. The number of rotatable bonds is 3. The summed E-state index contributed by atoms with van der Waals surface area (Å²) in [5, 5.41) is 4.34. The molecule has 4 heteroatoms. The Kier molecular flexibility index (Phi) is 3.53. The molecule has 0 bridgehead atoms. The fourth-order valence-corrected chi connectivity index (χ4v) is 3.46. The van der Waals surface area contributed by atoms with Crippen LogP contribution in [-0.2, 0) is 12.8 Å². The van der Waals surface area contributed by atoms with Crippen LogP contribution in [0.1, 0.15) is 27.2 Å². The van der Waals surface area contributed by atoms with E-state index in [1.165, 1.54) is 16.6 Å². The van der Waals surface area contributed by atoms with E-state index >= 15 is 0 Å². The van der Waals surface area contributed by atoms with E-state index in [9.17, 15) is 4.79 Å². The van der Waals surface area contributed by atoms with E-state index in [4.69, 9.17) is 4.74 Å². The van der Waals surface area contributed by atoms with E-state index < -0.39 is 0 Å². The van der Waals surface area contributed by atoms with Gasteiger partial charge in [-0.25, -0.2) is 0 Å². The molecule has 2 aromatic carbocycles. The van der Waals surface area contributed by atoms with Crippen LogP contribution in [0.15, 0.2) is 42.5 Å². The third-order valence-corrected chi connectivity index (χ3v) is 4.75. The van der Waals surface area contributed by atoms with Gasteiger partial charge in [0.15, 0.2) is 0 Å². The second-order valence-corrected chi connectivity index (χ2v) is 6.44. The van der Waals surface area contributed by atoms with Crippen LogP contribution in [0.2, 0.25) is 0 Å². The van der Waals surface area contributed by atoms with E-state index in [0.717, 1.165) is 29.7 Å². The SMILES string of the molecule is COc1ccc2[nH]c3c(c2c1)CC(NC(=O)c1ccc(C)cc1)C3. The van der Waals surface area contributed by atoms with Gasteiger partial charge in [-0.15, -0.1) is 0 Å². The average Bonchev–Trinajstić information content (AvgIpc) is 3.12. The zero-order chi connectivity index (χ0) is 16.7. The quantitative estimate of drug-likeness (QED) is 0.777. The summed E-state index contributed by atoms with van der Waals surface area (Å²) in [6, 6.07) is 13.9. The summed E-state index contributed by atoms with van der Waals surface area (Å²) in [6.45, 7) is 2.02. The lowest BCUT2D eigenvalue weighted by molar-refractivity contribution is 0.0938. The van der Waals surface area contributed by atoms with Gasteiger partial charge in [0.05, 0.1) is 7.11 Å². The summed E-state index contributed by atoms with van der Waals surface area (Å²) >= 11 is 0. The van der Waals surface area contributed by atoms with Crippen molar-refractivity contribution in [1.29, 1.82) is 0 Å². The summed E-state index contributed by atoms with van der Waals surface area (Å²) in [7, 11) is 1.68. The topological polar surface area (TPSA) is 54.1 Å². The Balaban J connectivity index is 1.53. The Morgan fingerprint density at radius 2 is 1.96 bits per heavy atom. The lowest BCUT2D eigenvalue weighted by atomic mass is 10.1. The van der Waals surface area contributed by atoms with Gasteiger partial charge in [-0.05, 0) is 49.2 Å². The van der Waals surface area contributed by atoms with Crippen molar-refractivity contribution in [2.24, 2.45) is 0 Å². The molecule has 3 aromatic rings. The molecule has 0 aliphatic heterocycles. The van der Waals surface area contributed by atoms with Crippen LogP contribution in [0.3, 0.4) is 0 Å². The first-order chi connectivity index (χ1) is 11.6. The number of aromatic amines is 1. The highest BCUT2D eigenvalue weighted by molar-refractivity contribution is 5.94. The third kappa shape index (κ3) is 2.54. The minimum Gasteiger partial charge on any atom is -0.497 e. The summed E-state index contributed by atoms with van der Waals surface area (Å²) < 4.78 is 5.33. The molecule has 1 amide bonds. The summed E-state index contributed by atoms with van der Waals surface area (Å²) in [5.74, 6) is 0.850. The average molecular weight is 320 g/mol. The molecule has 0 radical (unpaired) electrons. The molecule has 1 aliphatic carbocycles. The van der Waals surface area contributed by atoms with Crippen LogP contribution in [0.25, 0.3) is 10.9 Å². The lowest BCUT2D eigenvalue weighted by Gasteiger charge is -2.13. The molecule has 0 saturated heterocycles. The molecule has 1 unspecified atom stereocenters. The van der Waals surface area contributed by atoms with Crippen molar-refractivity contribution in [2.45, 2.75) is 25.8 Å². The van der Waals surface area contributed by atoms with Crippen molar-refractivity contribution in [1.82, 2.24) is 10.3 Å². The summed E-state index contributed by atoms with van der Waals surface area (Å²) in [5.41, 5.74) is 5.50. The van der Waals surface area contributed by atoms with Gasteiger partial charge < -0.3 is 15.0 Å². The number of aryl methyl sites for hydroxylation is 1. The van der Waals surface area contributed by atoms with Crippen LogP contribution >= 0.6 is 0 Å². The van der Waals surface area contributed by atoms with Crippen LogP contribution in [0.5, 0.6) is 5.75 Å². The number of ether oxygens (including phenoxy) is 1. The number of benzene rings is 2. The molecule has 2 N–H and O–H groups in total. The van der Waals surface area contributed by atoms with Crippen molar-refractivity contribution in [2.75, 3.05) is 7.11 Å². The number of hydrogen-bond donors (Lipinski definition) is 2. The molecule has 4 rings (SSSR count). The summed E-state index contributed by atoms with van der Waals surface area (Å²) in [4.78, 5) is 15.9. The lowest BCUT2D eigenvalue weighted by Crippen LogP contribution is -2.35. The second kappa shape index (κ2) is 5.71. The van der Waals surface area contributed by atoms with E-state index in [-0.39, 0.29) is 11.9 Å². The van der Waals surface area contributed by atoms with Gasteiger partial charge in [0, 0.05) is 34.6 Å². The fourth-order valence-electron chi connectivity index (χ4n) is 3.46. The monoisotopic (exact) mass is 320 g/mol. The largest absolute Gasteiger partial charge is 0.497 e. The van der Waals surface area contributed by atoms with Crippen LogP contribution in [-0.4, -0.2) is 24.0 Å². The molecule has 1 atom stereocenters. The first-order valence-corrected chi connectivity index (χ1v) is 8.19. The molecule has 24 heavy (non-hydrogen) atoms. The molecule has 4 nitrogen and oxygen atoms in total. The standard InChI is InChI=1S/C20H20N2O2/c1-12-3-5-13(6-4-12)20(23)21-14-9-16-17-11-15(24-2)7-8-18(17)22-19(16)10-14/h3-8,11,14,22H,9-10H2,1-2H3,(H,21,23). The Labute approximate surface area is 140 Å². The first-order valence-electron chi connectivity index (χ1n) is 8.19. The number of nitrogens with one attached hydrogen (secondary N) is 2. The minimum absolute atomic E-state index is 0.00737. The number of carbonyl (C=O) groups excluding carboxylic acids is 1. The van der Waals surface area contributed by atoms with Gasteiger partial charge in [-0.2, -0.15) is 0 Å². The van der Waals surface area contributed by atoms with E-state index in [1.54, 1.807) is 7.11 Å². The number of amides is 1. The second-order valence-electron chi connectivity index (χ2n) is 6.44. The molecule has 1 heterocycles. The molecular weight excluding hydrogens is 300 g/mol. The molecule has 122 valence electrons. The maximum absolute atomic E-state index is 12.4. The first kappa shape index (κ1) is 14.8. The van der Waals surface area contributed by atoms with Crippen molar-refractivity contribution >= 4 is 16.8 Å². The fraction of sp³-hybridized carbons (Fsp3) is 0.250. The van der Waals surface area contributed by atoms with Crippen molar-refractivity contribution in [3.63, 3.8) is 0 Å². The van der Waals surface area contributed by atoms with Gasteiger partial charge in [-0.1, -0.05) is 17.7 Å². The Morgan fingerprint density at radius 3 is 2.71 bits per heavy atom. The van der Waals surface area contributed by atoms with Crippen LogP contribution in [0.4, 0.5) is 0 Å². The zero-order valence-electron chi connectivity index (χ0n) is 13.8. The van der Waals surface area contributed by atoms with Gasteiger partial charge in [0.2, 0.25) is 0 Å². The highest BCUT2D eigenvalue weighted by Crippen LogP contribution is 2.32. The van der Waals surface area contributed by atoms with Gasteiger partial charge >= 0.3 is 0 Å². The van der Waals surface area contributed by atoms with Gasteiger partial charge in [0.25, 0.3) is 5.91 Å². The molecule has 0 fully saturated rings. The number of hydrogen-bond acceptors (Lipinski definition) is 2. The van der Waals surface area contributed by atoms with Crippen LogP contribution < -0.4 is 10.1 Å². The normalized spacial score (nSPS) is 16.2. The maximum Gasteiger partial charge on any atom is 0.251 e. The summed E-state index contributed by atoms with van der Waals surface area (Å²) in [6.07, 6.45) is 1.68. The minimum atomic E-state index is -0.00737. The van der Waals surface area contributed by atoms with Crippen molar-refractivity contribution in [3.05, 3.63) is 64.8 Å². The van der Waals surface area contributed by atoms with E-state index in [1.807, 2.05) is 43.3 Å². The maximum atomic E-state index is 12.4. The van der Waals surface area contributed by atoms with Gasteiger partial charge in [-0.3, -0.25) is 4.79 Å². The predicted octanol–water partition coefficient (Wildman–Crippen LogP) is 3.38. The van der Waals surface area contributed by atoms with Crippen LogP contribution in [0, 0.1) is 6.92 Å². The molecule has 0 saturated carbocycles. The van der Waals surface area contributed by atoms with Gasteiger partial charge in [0.1, 0.15) is 5.75 Å². The predicted molar refractivity (Wildman–Crippen MR) is 94.7 cm³/mol. The molecule has 1 aliphatic rings. The highest BCUT2D eigenvalue weighted by Gasteiger charge is 2.27. The Hall–Kier alpha value is -2.75. The highest BCUT2D eigenvalue weighted by atomic mass is 16.5.